The average Bonchev–Trinajstić information content (AvgIpc) is 3.11. The number of carbonyl (C=O) groups is 2. The van der Waals surface area contributed by atoms with Crippen molar-refractivity contribution < 1.29 is 9.59 Å². The highest BCUT2D eigenvalue weighted by Gasteiger charge is 2.35. The van der Waals surface area contributed by atoms with Gasteiger partial charge in [-0.15, -0.1) is 0 Å². The zero-order chi connectivity index (χ0) is 16.4. The fourth-order valence-corrected chi connectivity index (χ4v) is 3.42. The van der Waals surface area contributed by atoms with Crippen LogP contribution in [-0.4, -0.2) is 65.4 Å². The van der Waals surface area contributed by atoms with Gasteiger partial charge in [-0.1, -0.05) is 0 Å². The summed E-state index contributed by atoms with van der Waals surface area (Å²) in [5.74, 6) is 0.697. The zero-order valence-corrected chi connectivity index (χ0v) is 13.9. The second kappa shape index (κ2) is 6.56. The average molecular weight is 316 g/mol. The third kappa shape index (κ3) is 2.90. The molecule has 0 radical (unpaired) electrons. The van der Waals surface area contributed by atoms with E-state index in [-0.39, 0.29) is 11.8 Å². The van der Waals surface area contributed by atoms with Gasteiger partial charge in [-0.3, -0.25) is 9.59 Å². The van der Waals surface area contributed by atoms with Gasteiger partial charge in [0, 0.05) is 38.9 Å². The number of rotatable bonds is 3. The Hall–Kier alpha value is -2.11. The minimum Gasteiger partial charge on any atom is -0.356 e. The van der Waals surface area contributed by atoms with Crippen molar-refractivity contribution in [2.24, 2.45) is 0 Å². The van der Waals surface area contributed by atoms with Gasteiger partial charge in [0.2, 0.25) is 5.91 Å². The summed E-state index contributed by atoms with van der Waals surface area (Å²) >= 11 is 0. The number of amides is 2. The Morgan fingerprint density at radius 3 is 2.70 bits per heavy atom. The Morgan fingerprint density at radius 1 is 1.26 bits per heavy atom. The van der Waals surface area contributed by atoms with Crippen molar-refractivity contribution in [3.63, 3.8) is 0 Å². The van der Waals surface area contributed by atoms with Crippen molar-refractivity contribution >= 4 is 17.6 Å². The number of likely N-dealkylation sites (N-methyl/N-ethyl adjacent to an activating group) is 1. The highest BCUT2D eigenvalue weighted by atomic mass is 16.2. The van der Waals surface area contributed by atoms with Gasteiger partial charge in [-0.25, -0.2) is 4.98 Å². The monoisotopic (exact) mass is 316 g/mol. The maximum atomic E-state index is 13.0. The van der Waals surface area contributed by atoms with E-state index in [4.69, 9.17) is 0 Å². The SMILES string of the molecule is CCN1CCN(C(=O)c2cccnc2N2CCCC2)C(C)C1=O. The van der Waals surface area contributed by atoms with E-state index >= 15 is 0 Å². The van der Waals surface area contributed by atoms with Gasteiger partial charge < -0.3 is 14.7 Å². The third-order valence-electron chi connectivity index (χ3n) is 4.81. The van der Waals surface area contributed by atoms with Gasteiger partial charge in [-0.2, -0.15) is 0 Å². The first-order valence-corrected chi connectivity index (χ1v) is 8.43. The van der Waals surface area contributed by atoms with Crippen LogP contribution in [0, 0.1) is 0 Å². The molecular weight excluding hydrogens is 292 g/mol. The number of piperazine rings is 1. The van der Waals surface area contributed by atoms with Crippen molar-refractivity contribution in [1.29, 1.82) is 0 Å². The van der Waals surface area contributed by atoms with Crippen molar-refractivity contribution in [3.8, 4) is 0 Å². The molecule has 0 aromatic carbocycles. The number of aromatic nitrogens is 1. The summed E-state index contributed by atoms with van der Waals surface area (Å²) in [5, 5.41) is 0. The van der Waals surface area contributed by atoms with Gasteiger partial charge in [0.15, 0.2) is 0 Å². The quantitative estimate of drug-likeness (QED) is 0.845. The van der Waals surface area contributed by atoms with E-state index < -0.39 is 6.04 Å². The van der Waals surface area contributed by atoms with Crippen LogP contribution < -0.4 is 4.90 Å². The lowest BCUT2D eigenvalue weighted by Crippen LogP contribution is -2.57. The van der Waals surface area contributed by atoms with Crippen LogP contribution in [0.5, 0.6) is 0 Å². The normalized spacial score (nSPS) is 21.9. The molecule has 1 atom stereocenters. The smallest absolute Gasteiger partial charge is 0.258 e. The first-order chi connectivity index (χ1) is 11.1. The van der Waals surface area contributed by atoms with Crippen molar-refractivity contribution in [2.75, 3.05) is 37.6 Å². The molecule has 6 heteroatoms. The first kappa shape index (κ1) is 15.8. The van der Waals surface area contributed by atoms with Crippen molar-refractivity contribution in [3.05, 3.63) is 23.9 Å². The number of carbonyl (C=O) groups excluding carboxylic acids is 2. The Kier molecular flexibility index (Phi) is 4.50. The fraction of sp³-hybridized carbons (Fsp3) is 0.588. The van der Waals surface area contributed by atoms with Crippen LogP contribution in [-0.2, 0) is 4.79 Å². The summed E-state index contributed by atoms with van der Waals surface area (Å²) in [4.78, 5) is 35.5. The molecule has 2 amide bonds. The molecule has 2 aliphatic rings. The standard InChI is InChI=1S/C17H24N4O2/c1-3-19-11-12-21(13(2)16(19)22)17(23)14-7-6-8-18-15(14)20-9-4-5-10-20/h6-8,13H,3-5,9-12H2,1-2H3. The number of hydrogen-bond donors (Lipinski definition) is 0. The summed E-state index contributed by atoms with van der Waals surface area (Å²) in [6.07, 6.45) is 4.00. The minimum absolute atomic E-state index is 0.0266. The number of hydrogen-bond acceptors (Lipinski definition) is 4. The second-order valence-corrected chi connectivity index (χ2v) is 6.16. The van der Waals surface area contributed by atoms with E-state index in [0.717, 1.165) is 31.7 Å². The summed E-state index contributed by atoms with van der Waals surface area (Å²) in [6.45, 7) is 7.53. The molecule has 2 fully saturated rings. The molecule has 1 unspecified atom stereocenters. The Balaban J connectivity index is 1.85. The Labute approximate surface area is 137 Å². The van der Waals surface area contributed by atoms with Crippen LogP contribution in [0.2, 0.25) is 0 Å². The third-order valence-corrected chi connectivity index (χ3v) is 4.81. The van der Waals surface area contributed by atoms with Crippen LogP contribution in [0.1, 0.15) is 37.0 Å². The summed E-state index contributed by atoms with van der Waals surface area (Å²) in [5.41, 5.74) is 0.610. The fourth-order valence-electron chi connectivity index (χ4n) is 3.42. The van der Waals surface area contributed by atoms with E-state index in [1.807, 2.05) is 19.9 Å². The molecule has 124 valence electrons. The maximum Gasteiger partial charge on any atom is 0.258 e. The van der Waals surface area contributed by atoms with E-state index in [1.165, 1.54) is 0 Å². The maximum absolute atomic E-state index is 13.0. The second-order valence-electron chi connectivity index (χ2n) is 6.16. The minimum atomic E-state index is -0.414. The molecule has 0 bridgehead atoms. The predicted octanol–water partition coefficient (Wildman–Crippen LogP) is 1.37. The van der Waals surface area contributed by atoms with E-state index in [2.05, 4.69) is 9.88 Å². The molecule has 23 heavy (non-hydrogen) atoms. The zero-order valence-electron chi connectivity index (χ0n) is 13.9. The lowest BCUT2D eigenvalue weighted by atomic mass is 10.1. The highest BCUT2D eigenvalue weighted by Crippen LogP contribution is 2.24. The molecule has 0 aliphatic carbocycles. The molecule has 3 heterocycles. The highest BCUT2D eigenvalue weighted by molar-refractivity contribution is 6.01. The van der Waals surface area contributed by atoms with Gasteiger partial charge in [-0.05, 0) is 38.8 Å². The van der Waals surface area contributed by atoms with Crippen LogP contribution in [0.15, 0.2) is 18.3 Å². The van der Waals surface area contributed by atoms with E-state index in [1.54, 1.807) is 22.1 Å². The lowest BCUT2D eigenvalue weighted by molar-refractivity contribution is -0.139. The van der Waals surface area contributed by atoms with E-state index in [9.17, 15) is 9.59 Å². The number of pyridine rings is 1. The molecule has 6 nitrogen and oxygen atoms in total. The van der Waals surface area contributed by atoms with Gasteiger partial charge in [0.1, 0.15) is 11.9 Å². The van der Waals surface area contributed by atoms with Crippen molar-refractivity contribution in [2.45, 2.75) is 32.7 Å². The molecule has 0 saturated carbocycles. The largest absolute Gasteiger partial charge is 0.356 e. The van der Waals surface area contributed by atoms with Crippen LogP contribution in [0.4, 0.5) is 5.82 Å². The van der Waals surface area contributed by atoms with Gasteiger partial charge in [0.25, 0.3) is 5.91 Å². The van der Waals surface area contributed by atoms with E-state index in [0.29, 0.717) is 25.2 Å². The van der Waals surface area contributed by atoms with Gasteiger partial charge >= 0.3 is 0 Å². The summed E-state index contributed by atoms with van der Waals surface area (Å²) in [7, 11) is 0. The molecule has 1 aromatic rings. The van der Waals surface area contributed by atoms with Gasteiger partial charge in [0.05, 0.1) is 5.56 Å². The predicted molar refractivity (Wildman–Crippen MR) is 88.4 cm³/mol. The molecule has 1 aromatic heterocycles. The molecule has 2 aliphatic heterocycles. The Morgan fingerprint density at radius 2 is 2.00 bits per heavy atom. The number of anilines is 1. The van der Waals surface area contributed by atoms with Crippen LogP contribution in [0.25, 0.3) is 0 Å². The molecule has 2 saturated heterocycles. The molecular formula is C17H24N4O2. The lowest BCUT2D eigenvalue weighted by Gasteiger charge is -2.39. The van der Waals surface area contributed by atoms with Crippen LogP contribution >= 0.6 is 0 Å². The molecule has 0 spiro atoms. The first-order valence-electron chi connectivity index (χ1n) is 8.43. The number of nitrogens with zero attached hydrogens (tertiary/aromatic N) is 4. The topological polar surface area (TPSA) is 56.8 Å². The van der Waals surface area contributed by atoms with Crippen LogP contribution in [0.3, 0.4) is 0 Å². The van der Waals surface area contributed by atoms with Crippen molar-refractivity contribution in [1.82, 2.24) is 14.8 Å². The Bertz CT molecular complexity index is 598. The molecule has 3 rings (SSSR count). The molecule has 0 N–H and O–H groups in total. The summed E-state index contributed by atoms with van der Waals surface area (Å²) in [6, 6.07) is 3.20. The summed E-state index contributed by atoms with van der Waals surface area (Å²) < 4.78 is 0.